The average molecular weight is 241 g/mol. The fourth-order valence-electron chi connectivity index (χ4n) is 1.89. The molecule has 0 spiro atoms. The minimum atomic E-state index is -0.182. The fraction of sp³-hybridized carbons (Fsp3) is 0.833. The maximum atomic E-state index is 11.7. The van der Waals surface area contributed by atoms with Crippen molar-refractivity contribution in [2.75, 3.05) is 26.2 Å². The van der Waals surface area contributed by atoms with Crippen LogP contribution in [0.4, 0.5) is 4.79 Å². The lowest BCUT2D eigenvalue weighted by molar-refractivity contribution is -0.131. The standard InChI is InChI=1S/C12H23N3O2/c1-2-7-13-12(17)14-8-6-11(16)15-9-4-3-5-10-15/h2-10H2,1H3,(H2,13,14,17). The summed E-state index contributed by atoms with van der Waals surface area (Å²) in [6.45, 7) is 4.85. The van der Waals surface area contributed by atoms with E-state index in [4.69, 9.17) is 0 Å². The van der Waals surface area contributed by atoms with Gasteiger partial charge in [-0.1, -0.05) is 6.92 Å². The fourth-order valence-corrected chi connectivity index (χ4v) is 1.89. The molecular weight excluding hydrogens is 218 g/mol. The van der Waals surface area contributed by atoms with Gasteiger partial charge >= 0.3 is 6.03 Å². The number of likely N-dealkylation sites (tertiary alicyclic amines) is 1. The summed E-state index contributed by atoms with van der Waals surface area (Å²) in [6.07, 6.45) is 4.76. The number of carbonyl (C=O) groups excluding carboxylic acids is 2. The molecule has 0 unspecified atom stereocenters. The minimum Gasteiger partial charge on any atom is -0.343 e. The Balaban J connectivity index is 2.08. The first-order chi connectivity index (χ1) is 8.24. The van der Waals surface area contributed by atoms with Crippen molar-refractivity contribution in [2.45, 2.75) is 39.0 Å². The van der Waals surface area contributed by atoms with Crippen LogP contribution in [0.3, 0.4) is 0 Å². The van der Waals surface area contributed by atoms with Crippen molar-refractivity contribution in [3.05, 3.63) is 0 Å². The van der Waals surface area contributed by atoms with Gasteiger partial charge < -0.3 is 15.5 Å². The third-order valence-corrected chi connectivity index (χ3v) is 2.87. The molecule has 5 heteroatoms. The number of hydrogen-bond acceptors (Lipinski definition) is 2. The summed E-state index contributed by atoms with van der Waals surface area (Å²) >= 11 is 0. The minimum absolute atomic E-state index is 0.153. The average Bonchev–Trinajstić information content (AvgIpc) is 2.37. The second kappa shape index (κ2) is 7.92. The molecular formula is C12H23N3O2. The highest BCUT2D eigenvalue weighted by Crippen LogP contribution is 2.09. The van der Waals surface area contributed by atoms with E-state index in [0.29, 0.717) is 19.5 Å². The quantitative estimate of drug-likeness (QED) is 0.757. The Labute approximate surface area is 103 Å². The van der Waals surface area contributed by atoms with Gasteiger partial charge in [-0.3, -0.25) is 4.79 Å². The lowest BCUT2D eigenvalue weighted by Gasteiger charge is -2.26. The van der Waals surface area contributed by atoms with Gasteiger partial charge in [-0.25, -0.2) is 4.79 Å². The molecule has 2 N–H and O–H groups in total. The summed E-state index contributed by atoms with van der Waals surface area (Å²) < 4.78 is 0. The normalized spacial score (nSPS) is 15.5. The molecule has 0 aromatic carbocycles. The molecule has 98 valence electrons. The molecule has 3 amide bonds. The molecule has 17 heavy (non-hydrogen) atoms. The van der Waals surface area contributed by atoms with Crippen LogP contribution < -0.4 is 10.6 Å². The molecule has 0 aromatic heterocycles. The maximum absolute atomic E-state index is 11.7. The summed E-state index contributed by atoms with van der Waals surface area (Å²) in [4.78, 5) is 24.9. The van der Waals surface area contributed by atoms with Crippen LogP contribution in [0.2, 0.25) is 0 Å². The first kappa shape index (κ1) is 13.8. The molecule has 5 nitrogen and oxygen atoms in total. The van der Waals surface area contributed by atoms with Crippen LogP contribution in [0.1, 0.15) is 39.0 Å². The Hall–Kier alpha value is -1.26. The number of hydrogen-bond donors (Lipinski definition) is 2. The van der Waals surface area contributed by atoms with Crippen LogP contribution >= 0.6 is 0 Å². The third kappa shape index (κ3) is 5.56. The SMILES string of the molecule is CCCNC(=O)NCCC(=O)N1CCCCC1. The summed E-state index contributed by atoms with van der Waals surface area (Å²) in [5, 5.41) is 5.40. The predicted octanol–water partition coefficient (Wildman–Crippen LogP) is 1.10. The van der Waals surface area contributed by atoms with E-state index in [9.17, 15) is 9.59 Å². The lowest BCUT2D eigenvalue weighted by atomic mass is 10.1. The van der Waals surface area contributed by atoms with E-state index in [-0.39, 0.29) is 11.9 Å². The predicted molar refractivity (Wildman–Crippen MR) is 66.7 cm³/mol. The Morgan fingerprint density at radius 3 is 2.35 bits per heavy atom. The first-order valence-corrected chi connectivity index (χ1v) is 6.53. The van der Waals surface area contributed by atoms with Crippen LogP contribution in [0.5, 0.6) is 0 Å². The maximum Gasteiger partial charge on any atom is 0.314 e. The summed E-state index contributed by atoms with van der Waals surface area (Å²) in [6, 6.07) is -0.182. The van der Waals surface area contributed by atoms with Crippen LogP contribution in [-0.2, 0) is 4.79 Å². The molecule has 1 heterocycles. The van der Waals surface area contributed by atoms with Crippen LogP contribution in [-0.4, -0.2) is 43.0 Å². The number of amides is 3. The van der Waals surface area contributed by atoms with Crippen molar-refractivity contribution >= 4 is 11.9 Å². The van der Waals surface area contributed by atoms with Gasteiger partial charge in [0.05, 0.1) is 0 Å². The van der Waals surface area contributed by atoms with Gasteiger partial charge in [-0.15, -0.1) is 0 Å². The Bertz CT molecular complexity index is 250. The van der Waals surface area contributed by atoms with Gasteiger partial charge in [0.25, 0.3) is 0 Å². The van der Waals surface area contributed by atoms with Gasteiger partial charge in [-0.2, -0.15) is 0 Å². The number of nitrogens with one attached hydrogen (secondary N) is 2. The zero-order chi connectivity index (χ0) is 12.5. The summed E-state index contributed by atoms with van der Waals surface area (Å²) in [7, 11) is 0. The molecule has 1 aliphatic rings. The number of urea groups is 1. The molecule has 1 fully saturated rings. The van der Waals surface area contributed by atoms with E-state index in [1.165, 1.54) is 6.42 Å². The van der Waals surface area contributed by atoms with Gasteiger partial charge in [0.15, 0.2) is 0 Å². The Morgan fingerprint density at radius 2 is 1.71 bits per heavy atom. The van der Waals surface area contributed by atoms with E-state index >= 15 is 0 Å². The van der Waals surface area contributed by atoms with Gasteiger partial charge in [-0.05, 0) is 25.7 Å². The van der Waals surface area contributed by atoms with Crippen LogP contribution in [0, 0.1) is 0 Å². The van der Waals surface area contributed by atoms with E-state index in [1.807, 2.05) is 11.8 Å². The Kier molecular flexibility index (Phi) is 6.43. The Morgan fingerprint density at radius 1 is 1.06 bits per heavy atom. The highest BCUT2D eigenvalue weighted by atomic mass is 16.2. The van der Waals surface area contributed by atoms with Crippen LogP contribution in [0.15, 0.2) is 0 Å². The molecule has 0 saturated carbocycles. The molecule has 0 atom stereocenters. The molecule has 1 rings (SSSR count). The number of piperidine rings is 1. The number of nitrogens with zero attached hydrogens (tertiary/aromatic N) is 1. The number of rotatable bonds is 5. The van der Waals surface area contributed by atoms with Gasteiger partial charge in [0.1, 0.15) is 0 Å². The molecule has 1 saturated heterocycles. The topological polar surface area (TPSA) is 61.4 Å². The third-order valence-electron chi connectivity index (χ3n) is 2.87. The van der Waals surface area contributed by atoms with Crippen molar-refractivity contribution < 1.29 is 9.59 Å². The van der Waals surface area contributed by atoms with Crippen molar-refractivity contribution in [1.29, 1.82) is 0 Å². The van der Waals surface area contributed by atoms with Crippen molar-refractivity contribution in [2.24, 2.45) is 0 Å². The lowest BCUT2D eigenvalue weighted by Crippen LogP contribution is -2.40. The number of carbonyl (C=O) groups is 2. The van der Waals surface area contributed by atoms with Crippen molar-refractivity contribution in [3.8, 4) is 0 Å². The zero-order valence-corrected chi connectivity index (χ0v) is 10.6. The molecule has 0 radical (unpaired) electrons. The highest BCUT2D eigenvalue weighted by molar-refractivity contribution is 5.78. The smallest absolute Gasteiger partial charge is 0.314 e. The molecule has 0 bridgehead atoms. The highest BCUT2D eigenvalue weighted by Gasteiger charge is 2.15. The zero-order valence-electron chi connectivity index (χ0n) is 10.6. The van der Waals surface area contributed by atoms with Gasteiger partial charge in [0, 0.05) is 32.6 Å². The molecule has 1 aliphatic heterocycles. The first-order valence-electron chi connectivity index (χ1n) is 6.53. The van der Waals surface area contributed by atoms with E-state index in [1.54, 1.807) is 0 Å². The van der Waals surface area contributed by atoms with Gasteiger partial charge in [0.2, 0.25) is 5.91 Å². The largest absolute Gasteiger partial charge is 0.343 e. The van der Waals surface area contributed by atoms with E-state index in [2.05, 4.69) is 10.6 Å². The van der Waals surface area contributed by atoms with Crippen molar-refractivity contribution in [1.82, 2.24) is 15.5 Å². The second-order valence-corrected chi connectivity index (χ2v) is 4.37. The molecule has 0 aliphatic carbocycles. The van der Waals surface area contributed by atoms with E-state index in [0.717, 1.165) is 32.4 Å². The van der Waals surface area contributed by atoms with E-state index < -0.39 is 0 Å². The summed E-state index contributed by atoms with van der Waals surface area (Å²) in [5.74, 6) is 0.153. The van der Waals surface area contributed by atoms with Crippen molar-refractivity contribution in [3.63, 3.8) is 0 Å². The molecule has 0 aromatic rings. The monoisotopic (exact) mass is 241 g/mol. The van der Waals surface area contributed by atoms with Crippen LogP contribution in [0.25, 0.3) is 0 Å². The second-order valence-electron chi connectivity index (χ2n) is 4.37. The summed E-state index contributed by atoms with van der Waals surface area (Å²) in [5.41, 5.74) is 0.